The zero-order valence-electron chi connectivity index (χ0n) is 24.7. The van der Waals surface area contributed by atoms with Gasteiger partial charge in [-0.1, -0.05) is 133 Å². The first kappa shape index (κ1) is 25.1. The van der Waals surface area contributed by atoms with Crippen LogP contribution in [0.1, 0.15) is 0 Å². The summed E-state index contributed by atoms with van der Waals surface area (Å²) < 4.78 is 8.83. The maximum atomic E-state index is 6.57. The minimum atomic E-state index is 0.636. The van der Waals surface area contributed by atoms with Crippen LogP contribution in [0.3, 0.4) is 0 Å². The summed E-state index contributed by atoms with van der Waals surface area (Å²) in [4.78, 5) is 10.6. The lowest BCUT2D eigenvalue weighted by Gasteiger charge is -2.13. The number of aromatic nitrogens is 3. The van der Waals surface area contributed by atoms with E-state index in [1.807, 2.05) is 24.3 Å². The molecule has 0 unspecified atom stereocenters. The molecule has 10 rings (SSSR count). The zero-order chi connectivity index (χ0) is 30.2. The lowest BCUT2D eigenvalue weighted by molar-refractivity contribution is 0.670. The van der Waals surface area contributed by atoms with Crippen LogP contribution in [0.2, 0.25) is 0 Å². The van der Waals surface area contributed by atoms with Crippen LogP contribution in [-0.2, 0) is 0 Å². The molecule has 10 aromatic rings. The first-order valence-corrected chi connectivity index (χ1v) is 15.5. The fraction of sp³-hybridized carbons (Fsp3) is 0. The molecule has 0 bridgehead atoms. The molecule has 0 amide bonds. The quantitative estimate of drug-likeness (QED) is 0.207. The number of rotatable bonds is 3. The number of furan rings is 1. The lowest BCUT2D eigenvalue weighted by Crippen LogP contribution is -2.04. The monoisotopic (exact) mass is 587 g/mol. The molecule has 0 fully saturated rings. The summed E-state index contributed by atoms with van der Waals surface area (Å²) in [6.07, 6.45) is 0. The Morgan fingerprint density at radius 3 is 2.07 bits per heavy atom. The summed E-state index contributed by atoms with van der Waals surface area (Å²) in [5.41, 5.74) is 8.85. The highest BCUT2D eigenvalue weighted by atomic mass is 16.3. The van der Waals surface area contributed by atoms with Crippen LogP contribution >= 0.6 is 0 Å². The van der Waals surface area contributed by atoms with Crippen LogP contribution in [0.25, 0.3) is 93.8 Å². The van der Waals surface area contributed by atoms with Crippen molar-refractivity contribution in [3.05, 3.63) is 152 Å². The van der Waals surface area contributed by atoms with Gasteiger partial charge in [-0.25, -0.2) is 9.97 Å². The van der Waals surface area contributed by atoms with E-state index in [9.17, 15) is 0 Å². The Hall–Kier alpha value is -6.26. The van der Waals surface area contributed by atoms with Crippen LogP contribution in [0.15, 0.2) is 156 Å². The summed E-state index contributed by atoms with van der Waals surface area (Å²) in [5.74, 6) is 0.636. The number of hydrogen-bond acceptors (Lipinski definition) is 3. The molecule has 4 nitrogen and oxygen atoms in total. The van der Waals surface area contributed by atoms with Crippen molar-refractivity contribution in [1.82, 2.24) is 14.5 Å². The van der Waals surface area contributed by atoms with Crippen LogP contribution in [0, 0.1) is 0 Å². The van der Waals surface area contributed by atoms with E-state index < -0.39 is 0 Å². The molecule has 0 atom stereocenters. The molecule has 0 aliphatic heterocycles. The Kier molecular flexibility index (Phi) is 5.25. The predicted molar refractivity (Wildman–Crippen MR) is 190 cm³/mol. The van der Waals surface area contributed by atoms with Crippen LogP contribution < -0.4 is 0 Å². The summed E-state index contributed by atoms with van der Waals surface area (Å²) >= 11 is 0. The molecule has 0 N–H and O–H groups in total. The third kappa shape index (κ3) is 3.55. The molecule has 214 valence electrons. The van der Waals surface area contributed by atoms with Crippen LogP contribution in [0.4, 0.5) is 0 Å². The minimum Gasteiger partial charge on any atom is -0.455 e. The number of para-hydroxylation sites is 4. The SMILES string of the molecule is c1ccc(-c2nc(-n3c4ccc5ccccc5c4c4cccc(-c5cccc6c5oc5ccccc56)c43)nc3ccccc23)cc1. The topological polar surface area (TPSA) is 43.9 Å². The van der Waals surface area contributed by atoms with E-state index >= 15 is 0 Å². The Morgan fingerprint density at radius 1 is 0.478 bits per heavy atom. The number of nitrogens with zero attached hydrogens (tertiary/aromatic N) is 3. The average molecular weight is 588 g/mol. The molecule has 0 spiro atoms. The molecule has 0 aliphatic carbocycles. The van der Waals surface area contributed by atoms with Gasteiger partial charge in [-0.05, 0) is 29.0 Å². The summed E-state index contributed by atoms with van der Waals surface area (Å²) in [5, 5.41) is 7.97. The standard InChI is InChI=1S/C42H25N3O/c1-2-13-27(14-3-1)39-33-17-6-8-22-35(33)43-42(44-39)45-36-25-24-26-12-4-5-15-28(26)38(36)34-21-10-18-30(40(34)45)32-20-11-19-31-29-16-7-9-23-37(29)46-41(31)32/h1-25H. The summed E-state index contributed by atoms with van der Waals surface area (Å²) in [7, 11) is 0. The molecule has 46 heavy (non-hydrogen) atoms. The van der Waals surface area contributed by atoms with Crippen molar-refractivity contribution in [3.63, 3.8) is 0 Å². The number of fused-ring (bicyclic) bond motifs is 9. The highest BCUT2D eigenvalue weighted by Crippen LogP contribution is 2.44. The van der Waals surface area contributed by atoms with E-state index in [0.29, 0.717) is 5.95 Å². The Morgan fingerprint density at radius 2 is 1.17 bits per heavy atom. The molecule has 4 heteroatoms. The predicted octanol–water partition coefficient (Wildman–Crippen LogP) is 11.1. The first-order chi connectivity index (χ1) is 22.8. The highest BCUT2D eigenvalue weighted by molar-refractivity contribution is 6.24. The van der Waals surface area contributed by atoms with Crippen LogP contribution in [-0.4, -0.2) is 14.5 Å². The fourth-order valence-corrected chi connectivity index (χ4v) is 7.20. The molecule has 0 radical (unpaired) electrons. The van der Waals surface area contributed by atoms with Gasteiger partial charge in [0, 0.05) is 43.6 Å². The molecule has 0 aliphatic rings. The number of benzene rings is 7. The largest absolute Gasteiger partial charge is 0.455 e. The van der Waals surface area contributed by atoms with Gasteiger partial charge in [-0.3, -0.25) is 4.57 Å². The summed E-state index contributed by atoms with van der Waals surface area (Å²) in [6.45, 7) is 0. The second kappa shape index (κ2) is 9.62. The average Bonchev–Trinajstić information content (AvgIpc) is 3.68. The Bertz CT molecular complexity index is 2810. The number of hydrogen-bond donors (Lipinski definition) is 0. The van der Waals surface area contributed by atoms with Crippen molar-refractivity contribution in [2.45, 2.75) is 0 Å². The van der Waals surface area contributed by atoms with Crippen molar-refractivity contribution >= 4 is 65.4 Å². The molecular weight excluding hydrogens is 562 g/mol. The molecular formula is C42H25N3O. The van der Waals surface area contributed by atoms with Gasteiger partial charge in [0.25, 0.3) is 0 Å². The van der Waals surface area contributed by atoms with E-state index in [2.05, 4.69) is 132 Å². The highest BCUT2D eigenvalue weighted by Gasteiger charge is 2.23. The lowest BCUT2D eigenvalue weighted by atomic mass is 9.98. The van der Waals surface area contributed by atoms with E-state index in [0.717, 1.165) is 71.6 Å². The Balaban J connectivity index is 1.39. The molecule has 7 aromatic carbocycles. The van der Waals surface area contributed by atoms with E-state index in [-0.39, 0.29) is 0 Å². The van der Waals surface area contributed by atoms with Gasteiger partial charge in [0.15, 0.2) is 0 Å². The van der Waals surface area contributed by atoms with Gasteiger partial charge in [0.1, 0.15) is 11.2 Å². The molecule has 0 saturated heterocycles. The van der Waals surface area contributed by atoms with Gasteiger partial charge in [0.05, 0.1) is 22.2 Å². The Labute approximate surface area is 263 Å². The van der Waals surface area contributed by atoms with Gasteiger partial charge in [-0.15, -0.1) is 0 Å². The molecule has 3 heterocycles. The van der Waals surface area contributed by atoms with Crippen LogP contribution in [0.5, 0.6) is 0 Å². The van der Waals surface area contributed by atoms with Crippen molar-refractivity contribution in [2.24, 2.45) is 0 Å². The maximum Gasteiger partial charge on any atom is 0.235 e. The van der Waals surface area contributed by atoms with Crippen molar-refractivity contribution in [1.29, 1.82) is 0 Å². The fourth-order valence-electron chi connectivity index (χ4n) is 7.20. The second-order valence-corrected chi connectivity index (χ2v) is 11.8. The van der Waals surface area contributed by atoms with Gasteiger partial charge < -0.3 is 4.42 Å². The first-order valence-electron chi connectivity index (χ1n) is 15.5. The third-order valence-corrected chi connectivity index (χ3v) is 9.21. The normalized spacial score (nSPS) is 11.9. The second-order valence-electron chi connectivity index (χ2n) is 11.8. The molecule has 3 aromatic heterocycles. The van der Waals surface area contributed by atoms with Crippen molar-refractivity contribution in [3.8, 4) is 28.3 Å². The zero-order valence-corrected chi connectivity index (χ0v) is 24.7. The van der Waals surface area contributed by atoms with Gasteiger partial charge in [0.2, 0.25) is 5.95 Å². The molecule has 0 saturated carbocycles. The van der Waals surface area contributed by atoms with Crippen molar-refractivity contribution < 1.29 is 4.42 Å². The van der Waals surface area contributed by atoms with E-state index in [4.69, 9.17) is 14.4 Å². The summed E-state index contributed by atoms with van der Waals surface area (Å²) in [6, 6.07) is 52.9. The van der Waals surface area contributed by atoms with Gasteiger partial charge >= 0.3 is 0 Å². The smallest absolute Gasteiger partial charge is 0.235 e. The van der Waals surface area contributed by atoms with E-state index in [1.165, 1.54) is 16.2 Å². The van der Waals surface area contributed by atoms with Crippen molar-refractivity contribution in [2.75, 3.05) is 0 Å². The third-order valence-electron chi connectivity index (χ3n) is 9.21. The minimum absolute atomic E-state index is 0.636. The van der Waals surface area contributed by atoms with E-state index in [1.54, 1.807) is 0 Å². The maximum absolute atomic E-state index is 6.57. The van der Waals surface area contributed by atoms with Gasteiger partial charge in [-0.2, -0.15) is 0 Å².